The molecule has 0 radical (unpaired) electrons. The van der Waals surface area contributed by atoms with Crippen molar-refractivity contribution in [1.29, 1.82) is 0 Å². The SMILES string of the molecule is CC[C@H](C)N(Cc1cccc(OS(C)(=O)=O)c1)C(=O)c1ccccc1F. The van der Waals surface area contributed by atoms with E-state index in [0.717, 1.165) is 6.26 Å². The van der Waals surface area contributed by atoms with Crippen LogP contribution in [0.25, 0.3) is 0 Å². The van der Waals surface area contributed by atoms with Crippen LogP contribution in [0.15, 0.2) is 48.5 Å². The van der Waals surface area contributed by atoms with Crippen molar-refractivity contribution < 1.29 is 21.8 Å². The Labute approximate surface area is 153 Å². The highest BCUT2D eigenvalue weighted by molar-refractivity contribution is 7.86. The fourth-order valence-corrected chi connectivity index (χ4v) is 2.96. The molecule has 0 heterocycles. The first kappa shape index (κ1) is 19.9. The maximum atomic E-state index is 14.0. The topological polar surface area (TPSA) is 63.7 Å². The molecule has 0 spiro atoms. The molecule has 140 valence electrons. The molecule has 1 atom stereocenters. The van der Waals surface area contributed by atoms with Gasteiger partial charge in [0.25, 0.3) is 5.91 Å². The number of amides is 1. The smallest absolute Gasteiger partial charge is 0.306 e. The average molecular weight is 379 g/mol. The zero-order chi connectivity index (χ0) is 19.3. The molecule has 0 unspecified atom stereocenters. The molecule has 0 saturated carbocycles. The van der Waals surface area contributed by atoms with Gasteiger partial charge in [-0.2, -0.15) is 8.42 Å². The molecule has 0 bridgehead atoms. The lowest BCUT2D eigenvalue weighted by Crippen LogP contribution is -2.38. The van der Waals surface area contributed by atoms with Gasteiger partial charge in [-0.3, -0.25) is 4.79 Å². The molecule has 0 N–H and O–H groups in total. The minimum Gasteiger partial charge on any atom is -0.383 e. The Hall–Kier alpha value is -2.41. The Kier molecular flexibility index (Phi) is 6.37. The van der Waals surface area contributed by atoms with E-state index in [1.807, 2.05) is 13.8 Å². The van der Waals surface area contributed by atoms with Crippen LogP contribution >= 0.6 is 0 Å². The molecule has 0 aliphatic rings. The van der Waals surface area contributed by atoms with Gasteiger partial charge in [0.2, 0.25) is 0 Å². The van der Waals surface area contributed by atoms with Crippen molar-refractivity contribution in [3.8, 4) is 5.75 Å². The lowest BCUT2D eigenvalue weighted by molar-refractivity contribution is 0.0666. The van der Waals surface area contributed by atoms with Gasteiger partial charge in [0.15, 0.2) is 0 Å². The van der Waals surface area contributed by atoms with Crippen molar-refractivity contribution in [1.82, 2.24) is 4.90 Å². The second-order valence-electron chi connectivity index (χ2n) is 6.11. The minimum absolute atomic E-state index is 0.0105. The summed E-state index contributed by atoms with van der Waals surface area (Å²) in [5, 5.41) is 0. The molecule has 0 saturated heterocycles. The highest BCUT2D eigenvalue weighted by atomic mass is 32.2. The Morgan fingerprint density at radius 2 is 1.88 bits per heavy atom. The fourth-order valence-electron chi connectivity index (χ4n) is 2.50. The molecule has 0 aliphatic heterocycles. The van der Waals surface area contributed by atoms with Gasteiger partial charge in [0.1, 0.15) is 11.6 Å². The maximum absolute atomic E-state index is 14.0. The number of nitrogens with zero attached hydrogens (tertiary/aromatic N) is 1. The molecule has 2 aromatic carbocycles. The predicted octanol–water partition coefficient (Wildman–Crippen LogP) is 3.61. The molecular formula is C19H22FNO4S. The van der Waals surface area contributed by atoms with Crippen LogP contribution in [0.4, 0.5) is 4.39 Å². The van der Waals surface area contributed by atoms with Crippen LogP contribution in [0, 0.1) is 5.82 Å². The van der Waals surface area contributed by atoms with E-state index in [-0.39, 0.29) is 23.9 Å². The first-order chi connectivity index (χ1) is 12.2. The lowest BCUT2D eigenvalue weighted by atomic mass is 10.1. The van der Waals surface area contributed by atoms with Crippen molar-refractivity contribution in [3.05, 3.63) is 65.5 Å². The van der Waals surface area contributed by atoms with Crippen LogP contribution in [0.2, 0.25) is 0 Å². The zero-order valence-electron chi connectivity index (χ0n) is 15.0. The van der Waals surface area contributed by atoms with Crippen LogP contribution in [0.5, 0.6) is 5.75 Å². The summed E-state index contributed by atoms with van der Waals surface area (Å²) >= 11 is 0. The van der Waals surface area contributed by atoms with Crippen LogP contribution in [-0.2, 0) is 16.7 Å². The van der Waals surface area contributed by atoms with E-state index in [1.165, 1.54) is 24.3 Å². The average Bonchev–Trinajstić information content (AvgIpc) is 2.58. The van der Waals surface area contributed by atoms with Gasteiger partial charge >= 0.3 is 10.1 Å². The summed E-state index contributed by atoms with van der Waals surface area (Å²) in [6.07, 6.45) is 1.66. The van der Waals surface area contributed by atoms with Crippen LogP contribution in [0.1, 0.15) is 36.2 Å². The highest BCUT2D eigenvalue weighted by Gasteiger charge is 2.23. The molecule has 0 aromatic heterocycles. The monoisotopic (exact) mass is 379 g/mol. The van der Waals surface area contributed by atoms with Crippen LogP contribution < -0.4 is 4.18 Å². The van der Waals surface area contributed by atoms with Crippen molar-refractivity contribution in [2.45, 2.75) is 32.9 Å². The first-order valence-corrected chi connectivity index (χ1v) is 10.1. The second-order valence-corrected chi connectivity index (χ2v) is 7.68. The number of carbonyl (C=O) groups is 1. The maximum Gasteiger partial charge on any atom is 0.306 e. The number of halogens is 1. The highest BCUT2D eigenvalue weighted by Crippen LogP contribution is 2.20. The van der Waals surface area contributed by atoms with Crippen LogP contribution in [0.3, 0.4) is 0 Å². The predicted molar refractivity (Wildman–Crippen MR) is 97.9 cm³/mol. The van der Waals surface area contributed by atoms with Gasteiger partial charge in [-0.25, -0.2) is 4.39 Å². The fraction of sp³-hybridized carbons (Fsp3) is 0.316. The summed E-state index contributed by atoms with van der Waals surface area (Å²) in [6.45, 7) is 4.04. The van der Waals surface area contributed by atoms with Crippen molar-refractivity contribution >= 4 is 16.0 Å². The third-order valence-corrected chi connectivity index (χ3v) is 4.48. The van der Waals surface area contributed by atoms with Crippen molar-refractivity contribution in [2.75, 3.05) is 6.26 Å². The van der Waals surface area contributed by atoms with E-state index < -0.39 is 21.8 Å². The van der Waals surface area contributed by atoms with Crippen molar-refractivity contribution in [2.24, 2.45) is 0 Å². The van der Waals surface area contributed by atoms with E-state index in [0.29, 0.717) is 12.0 Å². The van der Waals surface area contributed by atoms with E-state index in [9.17, 15) is 17.6 Å². The van der Waals surface area contributed by atoms with E-state index >= 15 is 0 Å². The number of hydrogen-bond donors (Lipinski definition) is 0. The molecule has 26 heavy (non-hydrogen) atoms. The third-order valence-electron chi connectivity index (χ3n) is 3.99. The second kappa shape index (κ2) is 8.31. The summed E-state index contributed by atoms with van der Waals surface area (Å²) in [6, 6.07) is 12.2. The van der Waals surface area contributed by atoms with Gasteiger partial charge in [-0.15, -0.1) is 0 Å². The molecule has 0 aliphatic carbocycles. The standard InChI is InChI=1S/C19H22FNO4S/c1-4-14(2)21(19(22)17-10-5-6-11-18(17)20)13-15-8-7-9-16(12-15)25-26(3,23)24/h5-12,14H,4,13H2,1-3H3/t14-/m0/s1. The van der Waals surface area contributed by atoms with Gasteiger partial charge in [0.05, 0.1) is 11.8 Å². The summed E-state index contributed by atoms with van der Waals surface area (Å²) in [4.78, 5) is 14.4. The van der Waals surface area contributed by atoms with Gasteiger partial charge in [-0.1, -0.05) is 31.2 Å². The van der Waals surface area contributed by atoms with Gasteiger partial charge in [-0.05, 0) is 43.2 Å². The first-order valence-electron chi connectivity index (χ1n) is 8.25. The molecule has 0 fully saturated rings. The third kappa shape index (κ3) is 5.29. The summed E-state index contributed by atoms with van der Waals surface area (Å²) in [5.41, 5.74) is 0.701. The van der Waals surface area contributed by atoms with E-state index in [2.05, 4.69) is 0 Å². The van der Waals surface area contributed by atoms with Crippen LogP contribution in [-0.4, -0.2) is 31.5 Å². The minimum atomic E-state index is -3.64. The summed E-state index contributed by atoms with van der Waals surface area (Å²) in [7, 11) is -3.64. The Morgan fingerprint density at radius 1 is 1.19 bits per heavy atom. The Bertz CT molecular complexity index is 883. The van der Waals surface area contributed by atoms with E-state index in [1.54, 1.807) is 29.2 Å². The van der Waals surface area contributed by atoms with Gasteiger partial charge < -0.3 is 9.08 Å². The molecular weight excluding hydrogens is 357 g/mol. The zero-order valence-corrected chi connectivity index (χ0v) is 15.8. The molecule has 2 aromatic rings. The largest absolute Gasteiger partial charge is 0.383 e. The summed E-state index contributed by atoms with van der Waals surface area (Å²) in [5.74, 6) is -0.806. The number of hydrogen-bond acceptors (Lipinski definition) is 4. The molecule has 7 heteroatoms. The van der Waals surface area contributed by atoms with Gasteiger partial charge in [0, 0.05) is 12.6 Å². The quantitative estimate of drug-likeness (QED) is 0.690. The number of rotatable bonds is 7. The normalized spacial score (nSPS) is 12.5. The Balaban J connectivity index is 2.30. The number of benzene rings is 2. The lowest BCUT2D eigenvalue weighted by Gasteiger charge is -2.29. The molecule has 2 rings (SSSR count). The van der Waals surface area contributed by atoms with Crippen molar-refractivity contribution in [3.63, 3.8) is 0 Å². The Morgan fingerprint density at radius 3 is 2.50 bits per heavy atom. The number of carbonyl (C=O) groups excluding carboxylic acids is 1. The molecule has 1 amide bonds. The van der Waals surface area contributed by atoms with E-state index in [4.69, 9.17) is 4.18 Å². The molecule has 5 nitrogen and oxygen atoms in total. The summed E-state index contributed by atoms with van der Waals surface area (Å²) < 4.78 is 41.5.